The van der Waals surface area contributed by atoms with Crippen molar-refractivity contribution in [3.8, 4) is 6.07 Å². The van der Waals surface area contributed by atoms with E-state index in [4.69, 9.17) is 14.8 Å². The van der Waals surface area contributed by atoms with Crippen LogP contribution in [0.4, 0.5) is 30.4 Å². The van der Waals surface area contributed by atoms with Crippen molar-refractivity contribution in [2.75, 3.05) is 11.9 Å². The maximum atomic E-state index is 13.9. The Morgan fingerprint density at radius 1 is 1.00 bits per heavy atom. The Morgan fingerprint density at radius 2 is 1.72 bits per heavy atom. The Bertz CT molecular complexity index is 1890. The summed E-state index contributed by atoms with van der Waals surface area (Å²) in [5.74, 6) is 0.584. The van der Waals surface area contributed by atoms with E-state index in [-0.39, 0.29) is 12.1 Å². The van der Waals surface area contributed by atoms with Crippen LogP contribution in [-0.2, 0) is 18.1 Å². The van der Waals surface area contributed by atoms with Gasteiger partial charge < -0.3 is 4.90 Å². The van der Waals surface area contributed by atoms with Crippen LogP contribution >= 0.6 is 7.05 Å². The normalized spacial score (nSPS) is 20.5. The van der Waals surface area contributed by atoms with Gasteiger partial charge in [-0.05, 0) is 36.8 Å². The number of hydrogen-bond acceptors (Lipinski definition) is 5. The highest BCUT2D eigenvalue weighted by atomic mass is 31.2. The molecule has 43 heavy (non-hydrogen) atoms. The minimum Gasteiger partial charge on any atom is -0.346 e. The van der Waals surface area contributed by atoms with Gasteiger partial charge in [-0.1, -0.05) is 68.4 Å². The summed E-state index contributed by atoms with van der Waals surface area (Å²) in [6, 6.07) is 25.4. The van der Waals surface area contributed by atoms with Crippen LogP contribution in [0.1, 0.15) is 37.1 Å². The van der Waals surface area contributed by atoms with Gasteiger partial charge in [-0.2, -0.15) is 23.5 Å². The summed E-state index contributed by atoms with van der Waals surface area (Å²) in [6.07, 6.45) is -2.44. The Balaban J connectivity index is 1.79. The molecule has 1 atom stereocenters. The lowest BCUT2D eigenvalue weighted by molar-refractivity contribution is -0.137. The minimum absolute atomic E-state index is 0.228. The Kier molecular flexibility index (Phi) is 6.94. The number of aliphatic imine (C=N–C) groups is 1. The number of fused-ring (bicyclic) bond motifs is 2. The second kappa shape index (κ2) is 10.4. The first-order valence-electron chi connectivity index (χ1n) is 13.9. The van der Waals surface area contributed by atoms with E-state index in [1.165, 1.54) is 6.07 Å². The highest BCUT2D eigenvalue weighted by Gasteiger charge is 2.47. The van der Waals surface area contributed by atoms with Gasteiger partial charge in [0.25, 0.3) is 0 Å². The van der Waals surface area contributed by atoms with E-state index in [1.54, 1.807) is 10.7 Å². The molecule has 0 fully saturated rings. The van der Waals surface area contributed by atoms with E-state index in [1.807, 2.05) is 62.7 Å². The lowest BCUT2D eigenvalue weighted by Gasteiger charge is -2.35. The monoisotopic (exact) mass is 598 g/mol. The van der Waals surface area contributed by atoms with E-state index < -0.39 is 24.2 Å². The van der Waals surface area contributed by atoms with Crippen molar-refractivity contribution < 1.29 is 13.2 Å². The van der Waals surface area contributed by atoms with Crippen LogP contribution < -0.4 is 15.5 Å². The Labute approximate surface area is 248 Å². The molecular formula is C33H30F3N6P. The predicted molar refractivity (Wildman–Crippen MR) is 166 cm³/mol. The smallest absolute Gasteiger partial charge is 0.346 e. The first-order valence-corrected chi connectivity index (χ1v) is 15.7. The van der Waals surface area contributed by atoms with Crippen molar-refractivity contribution in [1.82, 2.24) is 9.78 Å². The molecule has 4 aromatic rings. The molecule has 3 heterocycles. The first-order chi connectivity index (χ1) is 20.5. The summed E-state index contributed by atoms with van der Waals surface area (Å²) >= 11 is 0. The molecule has 2 aliphatic heterocycles. The van der Waals surface area contributed by atoms with Crippen LogP contribution in [0.15, 0.2) is 99.6 Å². The van der Waals surface area contributed by atoms with Gasteiger partial charge in [-0.15, -0.1) is 0 Å². The van der Waals surface area contributed by atoms with Crippen molar-refractivity contribution in [3.63, 3.8) is 0 Å². The number of allylic oxidation sites excluding steroid dienone is 2. The third-order valence-corrected chi connectivity index (χ3v) is 11.9. The fourth-order valence-corrected chi connectivity index (χ4v) is 10.5. The zero-order valence-corrected chi connectivity index (χ0v) is 25.2. The van der Waals surface area contributed by atoms with Crippen molar-refractivity contribution in [3.05, 3.63) is 107 Å². The summed E-state index contributed by atoms with van der Waals surface area (Å²) in [5, 5.41) is 16.7. The van der Waals surface area contributed by atoms with Crippen LogP contribution in [0.25, 0.3) is 0 Å². The summed E-state index contributed by atoms with van der Waals surface area (Å²) in [6.45, 7) is 6.55. The predicted octanol–water partition coefficient (Wildman–Crippen LogP) is 7.96. The van der Waals surface area contributed by atoms with Gasteiger partial charge in [-0.3, -0.25) is 4.74 Å². The standard InChI is InChI=1S/C33H30F3N6P/c1-22-29-31(42(39-22)19-11-18-37)38-21-28(30-32(2,3)26-16-8-9-17-27(26)41(30)4)43(29,25-14-6-5-7-15-25)40-24-13-10-12-23(20-24)33(34,35)36/h5-10,12-17,20-21H,11,19H2,1-4H3. The molecule has 0 saturated carbocycles. The van der Waals surface area contributed by atoms with E-state index in [2.05, 4.69) is 36.9 Å². The number of para-hydroxylation sites is 1. The lowest BCUT2D eigenvalue weighted by Crippen LogP contribution is -2.30. The molecule has 0 radical (unpaired) electrons. The maximum absolute atomic E-state index is 13.9. The van der Waals surface area contributed by atoms with Gasteiger partial charge in [0, 0.05) is 40.7 Å². The van der Waals surface area contributed by atoms with Gasteiger partial charge in [0.05, 0.1) is 48.3 Å². The molecule has 0 bridgehead atoms. The van der Waals surface area contributed by atoms with Gasteiger partial charge in [0.2, 0.25) is 0 Å². The average Bonchev–Trinajstić information content (AvgIpc) is 3.42. The van der Waals surface area contributed by atoms with Crippen molar-refractivity contribution >= 4 is 41.1 Å². The van der Waals surface area contributed by atoms with Crippen molar-refractivity contribution in [2.45, 2.75) is 45.3 Å². The number of aromatic nitrogens is 2. The van der Waals surface area contributed by atoms with Crippen molar-refractivity contribution in [1.29, 1.82) is 5.26 Å². The second-order valence-corrected chi connectivity index (χ2v) is 14.1. The molecule has 3 aromatic carbocycles. The average molecular weight is 599 g/mol. The van der Waals surface area contributed by atoms with Crippen LogP contribution in [-0.4, -0.2) is 23.0 Å². The van der Waals surface area contributed by atoms with E-state index in [0.29, 0.717) is 18.1 Å². The number of alkyl halides is 3. The molecule has 0 amide bonds. The molecule has 1 aromatic heterocycles. The first kappa shape index (κ1) is 28.7. The molecule has 6 rings (SSSR count). The highest BCUT2D eigenvalue weighted by molar-refractivity contribution is 7.86. The molecule has 10 heteroatoms. The van der Waals surface area contributed by atoms with Gasteiger partial charge in [-0.25, -0.2) is 9.67 Å². The molecule has 2 aliphatic rings. The summed E-state index contributed by atoms with van der Waals surface area (Å²) < 4.78 is 48.8. The molecule has 0 saturated heterocycles. The number of benzene rings is 3. The molecular weight excluding hydrogens is 568 g/mol. The van der Waals surface area contributed by atoms with Crippen LogP contribution in [0, 0.1) is 18.3 Å². The number of anilines is 1. The SMILES string of the molecule is Cc1nn(CCC#N)c2c1P(=Nc1cccc(C(F)(F)F)c1)(c1ccccc1)C(=C1N(C)c3ccccc3C1(C)C)C=N2. The topological polar surface area (TPSA) is 69.6 Å². The van der Waals surface area contributed by atoms with Gasteiger partial charge in [0.15, 0.2) is 5.82 Å². The molecule has 218 valence electrons. The van der Waals surface area contributed by atoms with Crippen LogP contribution in [0.2, 0.25) is 0 Å². The number of nitrogens with zero attached hydrogens (tertiary/aromatic N) is 6. The third-order valence-electron chi connectivity index (χ3n) is 8.16. The van der Waals surface area contributed by atoms with E-state index in [0.717, 1.165) is 45.0 Å². The fourth-order valence-electron chi connectivity index (χ4n) is 6.36. The number of hydrogen-bond donors (Lipinski definition) is 0. The maximum Gasteiger partial charge on any atom is 0.416 e. The third kappa shape index (κ3) is 4.52. The zero-order chi connectivity index (χ0) is 30.6. The van der Waals surface area contributed by atoms with Crippen LogP contribution in [0.5, 0.6) is 0 Å². The largest absolute Gasteiger partial charge is 0.416 e. The van der Waals surface area contributed by atoms with Gasteiger partial charge >= 0.3 is 6.18 Å². The van der Waals surface area contributed by atoms with Crippen molar-refractivity contribution in [2.24, 2.45) is 9.74 Å². The number of nitriles is 1. The van der Waals surface area contributed by atoms with E-state index >= 15 is 0 Å². The summed E-state index contributed by atoms with van der Waals surface area (Å²) in [4.78, 5) is 7.11. The fraction of sp³-hybridized carbons (Fsp3) is 0.242. The Morgan fingerprint density at radius 3 is 2.42 bits per heavy atom. The highest BCUT2D eigenvalue weighted by Crippen LogP contribution is 2.64. The van der Waals surface area contributed by atoms with E-state index in [9.17, 15) is 18.4 Å². The number of aryl methyl sites for hydroxylation is 2. The van der Waals surface area contributed by atoms with Crippen LogP contribution in [0.3, 0.4) is 0 Å². The molecule has 0 N–H and O–H groups in total. The molecule has 0 aliphatic carbocycles. The number of rotatable bonds is 4. The zero-order valence-electron chi connectivity index (χ0n) is 24.3. The minimum atomic E-state index is -4.52. The molecule has 6 nitrogen and oxygen atoms in total. The van der Waals surface area contributed by atoms with Gasteiger partial charge in [0.1, 0.15) is 0 Å². The quantitative estimate of drug-likeness (QED) is 0.224. The second-order valence-electron chi connectivity index (χ2n) is 11.2. The number of halogens is 3. The summed E-state index contributed by atoms with van der Waals surface area (Å²) in [5.41, 5.74) is 2.88. The Hall–Kier alpha value is -4.41. The molecule has 0 spiro atoms. The lowest BCUT2D eigenvalue weighted by atomic mass is 9.84. The number of likely N-dealkylation sites (N-methyl/N-ethyl adjacent to an activating group) is 1. The molecule has 1 unspecified atom stereocenters. The summed E-state index contributed by atoms with van der Waals surface area (Å²) in [7, 11) is -1.08.